The monoisotopic (exact) mass is 491 g/mol. The molecule has 0 aliphatic heterocycles. The minimum absolute atomic E-state index is 0.120. The molecule has 13 nitrogen and oxygen atoms in total. The van der Waals surface area contributed by atoms with Crippen LogP contribution in [0.4, 0.5) is 0 Å². The molecule has 3 amide bonds. The van der Waals surface area contributed by atoms with Gasteiger partial charge in [0.25, 0.3) is 0 Å². The lowest BCUT2D eigenvalue weighted by Gasteiger charge is -2.26. The van der Waals surface area contributed by atoms with Gasteiger partial charge in [0.1, 0.15) is 24.2 Å². The Bertz CT molecular complexity index is 688. The van der Waals surface area contributed by atoms with Gasteiger partial charge in [-0.05, 0) is 37.2 Å². The average Bonchev–Trinajstić information content (AvgIpc) is 2.74. The van der Waals surface area contributed by atoms with Gasteiger partial charge in [-0.1, -0.05) is 13.8 Å². The maximum Gasteiger partial charge on any atom is 0.326 e. The molecule has 0 bridgehead atoms. The number of amides is 3. The number of aliphatic hydroxyl groups is 1. The zero-order valence-electron chi connectivity index (χ0n) is 19.2. The molecule has 0 spiro atoms. The van der Waals surface area contributed by atoms with Crippen molar-refractivity contribution in [3.8, 4) is 0 Å². The topological polar surface area (TPSA) is 235 Å². The summed E-state index contributed by atoms with van der Waals surface area (Å²) in [6.45, 7) is 2.98. The number of guanidine groups is 1. The van der Waals surface area contributed by atoms with Gasteiger partial charge < -0.3 is 43.4 Å². The maximum atomic E-state index is 12.9. The Hall–Kier alpha value is -2.58. The molecule has 11 N–H and O–H groups in total. The van der Waals surface area contributed by atoms with E-state index in [0.717, 1.165) is 0 Å². The van der Waals surface area contributed by atoms with Crippen molar-refractivity contribution in [2.24, 2.45) is 28.1 Å². The number of hydrogen-bond donors (Lipinski definition) is 8. The van der Waals surface area contributed by atoms with E-state index < -0.39 is 54.5 Å². The average molecular weight is 492 g/mol. The molecule has 0 saturated carbocycles. The van der Waals surface area contributed by atoms with E-state index in [-0.39, 0.29) is 31.3 Å². The van der Waals surface area contributed by atoms with E-state index >= 15 is 0 Å². The maximum absolute atomic E-state index is 12.9. The summed E-state index contributed by atoms with van der Waals surface area (Å²) >= 11 is 1.44. The molecule has 14 heteroatoms. The van der Waals surface area contributed by atoms with Crippen LogP contribution < -0.4 is 33.2 Å². The lowest BCUT2D eigenvalue weighted by Crippen LogP contribution is -2.58. The first kappa shape index (κ1) is 30.4. The van der Waals surface area contributed by atoms with Crippen molar-refractivity contribution in [3.63, 3.8) is 0 Å². The first-order valence-corrected chi connectivity index (χ1v) is 11.9. The van der Waals surface area contributed by atoms with Gasteiger partial charge in [0.2, 0.25) is 17.7 Å². The fourth-order valence-electron chi connectivity index (χ4n) is 2.68. The number of aliphatic imine (C=N–C) groups is 1. The highest BCUT2D eigenvalue weighted by atomic mass is 32.2. The second kappa shape index (κ2) is 16.1. The second-order valence-corrected chi connectivity index (χ2v) is 8.70. The first-order valence-electron chi connectivity index (χ1n) is 10.5. The molecular formula is C19H37N7O6S. The largest absolute Gasteiger partial charge is 0.480 e. The molecule has 0 heterocycles. The van der Waals surface area contributed by atoms with E-state index in [0.29, 0.717) is 12.2 Å². The Balaban J connectivity index is 5.48. The summed E-state index contributed by atoms with van der Waals surface area (Å²) in [6.07, 6.45) is 2.47. The molecule has 0 aliphatic rings. The van der Waals surface area contributed by atoms with Crippen LogP contribution in [-0.2, 0) is 19.2 Å². The van der Waals surface area contributed by atoms with Gasteiger partial charge in [0, 0.05) is 6.54 Å². The second-order valence-electron chi connectivity index (χ2n) is 7.71. The summed E-state index contributed by atoms with van der Waals surface area (Å²) in [7, 11) is 0. The van der Waals surface area contributed by atoms with Crippen LogP contribution in [0.2, 0.25) is 0 Å². The zero-order valence-corrected chi connectivity index (χ0v) is 20.1. The molecule has 0 aromatic heterocycles. The molecule has 0 aromatic carbocycles. The van der Waals surface area contributed by atoms with Crippen LogP contribution in [0.3, 0.4) is 0 Å². The van der Waals surface area contributed by atoms with Gasteiger partial charge in [-0.3, -0.25) is 19.4 Å². The third-order valence-electron chi connectivity index (χ3n) is 4.58. The number of nitrogens with two attached hydrogens (primary N) is 3. The van der Waals surface area contributed by atoms with Crippen molar-refractivity contribution in [2.75, 3.05) is 25.2 Å². The van der Waals surface area contributed by atoms with Crippen LogP contribution in [0, 0.1) is 5.92 Å². The molecule has 0 rings (SSSR count). The number of nitrogens with zero attached hydrogens (tertiary/aromatic N) is 1. The van der Waals surface area contributed by atoms with Gasteiger partial charge >= 0.3 is 5.97 Å². The van der Waals surface area contributed by atoms with Gasteiger partial charge in [-0.15, -0.1) is 0 Å². The highest BCUT2D eigenvalue weighted by Crippen LogP contribution is 2.07. The van der Waals surface area contributed by atoms with Crippen molar-refractivity contribution in [2.45, 2.75) is 57.3 Å². The third kappa shape index (κ3) is 12.3. The number of carbonyl (C=O) groups is 4. The number of nitrogens with one attached hydrogen (secondary N) is 3. The van der Waals surface area contributed by atoms with Crippen LogP contribution >= 0.6 is 11.8 Å². The zero-order chi connectivity index (χ0) is 25.6. The molecule has 190 valence electrons. The Kier molecular flexibility index (Phi) is 14.8. The number of aliphatic carboxylic acids is 1. The number of rotatable bonds is 16. The van der Waals surface area contributed by atoms with Crippen molar-refractivity contribution < 1.29 is 29.4 Å². The standard InChI is InChI=1S/C19H37N7O6S/c1-10(2)14(26-15(28)11(20)9-27)17(30)24-12(5-4-7-23-19(21)22)16(29)25-13(18(31)32)6-8-33-3/h10-14,27H,4-9,20H2,1-3H3,(H,24,30)(H,25,29)(H,26,28)(H,31,32)(H4,21,22,23). The Labute approximate surface area is 197 Å². The van der Waals surface area contributed by atoms with E-state index in [1.165, 1.54) is 11.8 Å². The minimum Gasteiger partial charge on any atom is -0.480 e. The van der Waals surface area contributed by atoms with Gasteiger partial charge in [-0.25, -0.2) is 4.79 Å². The fraction of sp³-hybridized carbons (Fsp3) is 0.737. The minimum atomic E-state index is -1.20. The number of carbonyl (C=O) groups excluding carboxylic acids is 3. The summed E-state index contributed by atoms with van der Waals surface area (Å²) < 4.78 is 0. The van der Waals surface area contributed by atoms with Gasteiger partial charge in [0.15, 0.2) is 5.96 Å². The summed E-state index contributed by atoms with van der Waals surface area (Å²) in [6, 6.07) is -4.45. The van der Waals surface area contributed by atoms with Gasteiger partial charge in [-0.2, -0.15) is 11.8 Å². The SMILES string of the molecule is CSCCC(NC(=O)C(CCCN=C(N)N)NC(=O)C(NC(=O)C(N)CO)C(C)C)C(=O)O. The number of hydrogen-bond acceptors (Lipinski definition) is 8. The number of carboxylic acids is 1. The Morgan fingerprint density at radius 2 is 1.58 bits per heavy atom. The molecule has 0 radical (unpaired) electrons. The molecule has 0 aromatic rings. The molecule has 4 atom stereocenters. The highest BCUT2D eigenvalue weighted by Gasteiger charge is 2.31. The van der Waals surface area contributed by atoms with E-state index in [9.17, 15) is 24.3 Å². The lowest BCUT2D eigenvalue weighted by atomic mass is 10.0. The molecule has 0 fully saturated rings. The Morgan fingerprint density at radius 3 is 2.06 bits per heavy atom. The number of aliphatic hydroxyl groups excluding tert-OH is 1. The molecule has 4 unspecified atom stereocenters. The van der Waals surface area contributed by atoms with Crippen molar-refractivity contribution in [3.05, 3.63) is 0 Å². The summed E-state index contributed by atoms with van der Waals surface area (Å²) in [5.41, 5.74) is 16.1. The van der Waals surface area contributed by atoms with E-state index in [2.05, 4.69) is 20.9 Å². The van der Waals surface area contributed by atoms with Gasteiger partial charge in [0.05, 0.1) is 6.61 Å². The summed E-state index contributed by atoms with van der Waals surface area (Å²) in [5, 5.41) is 25.9. The predicted molar refractivity (Wildman–Crippen MR) is 126 cm³/mol. The summed E-state index contributed by atoms with van der Waals surface area (Å²) in [5.74, 6) is -3.20. The third-order valence-corrected chi connectivity index (χ3v) is 5.23. The fourth-order valence-corrected chi connectivity index (χ4v) is 3.15. The molecule has 33 heavy (non-hydrogen) atoms. The molecular weight excluding hydrogens is 454 g/mol. The Morgan fingerprint density at radius 1 is 0.970 bits per heavy atom. The van der Waals surface area contributed by atoms with E-state index in [1.807, 2.05) is 6.26 Å². The quantitative estimate of drug-likeness (QED) is 0.0632. The first-order chi connectivity index (χ1) is 15.4. The number of carboxylic acid groups (broad SMARTS) is 1. The highest BCUT2D eigenvalue weighted by molar-refractivity contribution is 7.98. The smallest absolute Gasteiger partial charge is 0.326 e. The van der Waals surface area contributed by atoms with Crippen molar-refractivity contribution in [1.82, 2.24) is 16.0 Å². The van der Waals surface area contributed by atoms with Crippen LogP contribution in [0.25, 0.3) is 0 Å². The van der Waals surface area contributed by atoms with Crippen LogP contribution in [0.15, 0.2) is 4.99 Å². The molecule has 0 saturated heterocycles. The number of thioether (sulfide) groups is 1. The van der Waals surface area contributed by atoms with Crippen molar-refractivity contribution in [1.29, 1.82) is 0 Å². The van der Waals surface area contributed by atoms with Crippen LogP contribution in [0.1, 0.15) is 33.1 Å². The summed E-state index contributed by atoms with van der Waals surface area (Å²) in [4.78, 5) is 53.1. The predicted octanol–water partition coefficient (Wildman–Crippen LogP) is -2.69. The normalized spacial score (nSPS) is 14.5. The van der Waals surface area contributed by atoms with Crippen LogP contribution in [0.5, 0.6) is 0 Å². The molecule has 0 aliphatic carbocycles. The van der Waals surface area contributed by atoms with E-state index in [1.54, 1.807) is 13.8 Å². The van der Waals surface area contributed by atoms with Crippen molar-refractivity contribution >= 4 is 41.4 Å². The van der Waals surface area contributed by atoms with Crippen LogP contribution in [-0.4, -0.2) is 89.2 Å². The lowest BCUT2D eigenvalue weighted by molar-refractivity contribution is -0.142. The van der Waals surface area contributed by atoms with E-state index in [4.69, 9.17) is 22.3 Å².